The second-order valence-electron chi connectivity index (χ2n) is 3.77. The molecule has 0 radical (unpaired) electrons. The first-order chi connectivity index (χ1) is 7.66. The highest BCUT2D eigenvalue weighted by Crippen LogP contribution is 2.03. The minimum atomic E-state index is -0.590. The summed E-state index contributed by atoms with van der Waals surface area (Å²) in [5, 5.41) is 18.4. The molecule has 0 aliphatic rings. The Morgan fingerprint density at radius 1 is 1.19 bits per heavy atom. The third-order valence-corrected chi connectivity index (χ3v) is 2.02. The van der Waals surface area contributed by atoms with Gasteiger partial charge in [0.25, 0.3) is 0 Å². The Labute approximate surface area is 98.7 Å². The second-order valence-corrected chi connectivity index (χ2v) is 3.77. The smallest absolute Gasteiger partial charge is 0.112 e. The van der Waals surface area contributed by atoms with E-state index in [-0.39, 0.29) is 6.10 Å². The lowest BCUT2D eigenvalue weighted by atomic mass is 10.1. The molecule has 0 aromatic heterocycles. The topological polar surface area (TPSA) is 40.5 Å². The summed E-state index contributed by atoms with van der Waals surface area (Å²) in [7, 11) is 0. The zero-order chi connectivity index (χ0) is 12.2. The average Bonchev–Trinajstić information content (AvgIpc) is 2.23. The maximum atomic E-state index is 9.52. The minimum Gasteiger partial charge on any atom is -0.389 e. The Morgan fingerprint density at radius 2 is 1.94 bits per heavy atom. The number of allylic oxidation sites excluding steroid dienone is 3. The van der Waals surface area contributed by atoms with E-state index in [1.54, 1.807) is 31.2 Å². The molecular formula is C14H22O2. The lowest BCUT2D eigenvalue weighted by Gasteiger charge is -2.02. The molecule has 0 heterocycles. The second kappa shape index (κ2) is 10.5. The largest absolute Gasteiger partial charge is 0.389 e. The van der Waals surface area contributed by atoms with E-state index in [2.05, 4.69) is 18.8 Å². The summed E-state index contributed by atoms with van der Waals surface area (Å²) in [6.07, 6.45) is 10.2. The highest BCUT2D eigenvalue weighted by molar-refractivity contribution is 5.21. The van der Waals surface area contributed by atoms with Gasteiger partial charge in [0.15, 0.2) is 0 Å². The molecule has 0 bridgehead atoms. The molecule has 0 aromatic rings. The van der Waals surface area contributed by atoms with Crippen LogP contribution in [0.1, 0.15) is 39.5 Å². The van der Waals surface area contributed by atoms with E-state index in [1.165, 1.54) is 12.8 Å². The van der Waals surface area contributed by atoms with Gasteiger partial charge in [0.2, 0.25) is 0 Å². The van der Waals surface area contributed by atoms with E-state index in [0.717, 1.165) is 12.8 Å². The minimum absolute atomic E-state index is 0.360. The third kappa shape index (κ3) is 11.0. The molecule has 0 fully saturated rings. The molecule has 0 spiro atoms. The summed E-state index contributed by atoms with van der Waals surface area (Å²) >= 11 is 0. The van der Waals surface area contributed by atoms with Crippen LogP contribution in [-0.2, 0) is 0 Å². The number of hydrogen-bond donors (Lipinski definition) is 2. The van der Waals surface area contributed by atoms with Crippen molar-refractivity contribution in [2.75, 3.05) is 0 Å². The maximum absolute atomic E-state index is 9.52. The van der Waals surface area contributed by atoms with Gasteiger partial charge in [0.05, 0.1) is 6.10 Å². The van der Waals surface area contributed by atoms with E-state index >= 15 is 0 Å². The van der Waals surface area contributed by atoms with Crippen LogP contribution in [0, 0.1) is 11.8 Å². The molecule has 16 heavy (non-hydrogen) atoms. The Hall–Kier alpha value is -1.04. The number of rotatable bonds is 6. The Bertz CT molecular complexity index is 266. The van der Waals surface area contributed by atoms with Crippen LogP contribution in [0.25, 0.3) is 0 Å². The summed E-state index contributed by atoms with van der Waals surface area (Å²) in [4.78, 5) is 0. The summed E-state index contributed by atoms with van der Waals surface area (Å²) in [6, 6.07) is 0. The molecule has 0 aliphatic carbocycles. The van der Waals surface area contributed by atoms with Crippen molar-refractivity contribution in [2.24, 2.45) is 0 Å². The van der Waals surface area contributed by atoms with Gasteiger partial charge in [-0.1, -0.05) is 56.3 Å². The van der Waals surface area contributed by atoms with Gasteiger partial charge >= 0.3 is 0 Å². The van der Waals surface area contributed by atoms with Gasteiger partial charge in [0, 0.05) is 0 Å². The molecule has 0 aliphatic heterocycles. The molecule has 2 nitrogen and oxygen atoms in total. The molecule has 2 atom stereocenters. The summed E-state index contributed by atoms with van der Waals surface area (Å²) < 4.78 is 0. The number of unbranched alkanes of at least 4 members (excludes halogenated alkanes) is 2. The monoisotopic (exact) mass is 222 g/mol. The maximum Gasteiger partial charge on any atom is 0.112 e. The molecule has 0 rings (SSSR count). The highest BCUT2D eigenvalue weighted by Gasteiger charge is 1.96. The van der Waals surface area contributed by atoms with Gasteiger partial charge < -0.3 is 10.2 Å². The molecule has 0 saturated carbocycles. The molecule has 0 aromatic carbocycles. The molecule has 2 N–H and O–H groups in total. The lowest BCUT2D eigenvalue weighted by Crippen LogP contribution is -2.00. The molecule has 90 valence electrons. The fraction of sp³-hybridized carbons (Fsp3) is 0.571. The standard InChI is InChI=1S/C14H22O2/c1-3-4-7-11-14(16)12-9-6-5-8-10-13(2)15/h5-6,9,12-16H,3-4,7,11H2,1-2H3/b6-5+,12-9+. The van der Waals surface area contributed by atoms with E-state index in [1.807, 2.05) is 0 Å². The Balaban J connectivity index is 3.71. The zero-order valence-electron chi connectivity index (χ0n) is 10.2. The van der Waals surface area contributed by atoms with Crippen LogP contribution < -0.4 is 0 Å². The predicted molar refractivity (Wildman–Crippen MR) is 67.9 cm³/mol. The number of aliphatic hydroxyl groups excluding tert-OH is 2. The highest BCUT2D eigenvalue weighted by atomic mass is 16.3. The van der Waals surface area contributed by atoms with Crippen LogP contribution in [0.3, 0.4) is 0 Å². The van der Waals surface area contributed by atoms with Crippen molar-refractivity contribution >= 4 is 0 Å². The van der Waals surface area contributed by atoms with Gasteiger partial charge in [-0.15, -0.1) is 0 Å². The Morgan fingerprint density at radius 3 is 2.56 bits per heavy atom. The molecule has 2 heteroatoms. The van der Waals surface area contributed by atoms with Crippen LogP contribution in [-0.4, -0.2) is 22.4 Å². The quantitative estimate of drug-likeness (QED) is 0.411. The summed E-state index contributed by atoms with van der Waals surface area (Å²) in [5.41, 5.74) is 0. The van der Waals surface area contributed by atoms with Crippen LogP contribution in [0.4, 0.5) is 0 Å². The van der Waals surface area contributed by atoms with Crippen LogP contribution >= 0.6 is 0 Å². The van der Waals surface area contributed by atoms with Gasteiger partial charge in [-0.2, -0.15) is 0 Å². The van der Waals surface area contributed by atoms with Crippen molar-refractivity contribution in [2.45, 2.75) is 51.7 Å². The fourth-order valence-electron chi connectivity index (χ4n) is 1.16. The zero-order valence-corrected chi connectivity index (χ0v) is 10.2. The van der Waals surface area contributed by atoms with E-state index < -0.39 is 6.10 Å². The van der Waals surface area contributed by atoms with Gasteiger partial charge in [-0.25, -0.2) is 0 Å². The average molecular weight is 222 g/mol. The number of hydrogen-bond acceptors (Lipinski definition) is 2. The van der Waals surface area contributed by atoms with E-state index in [0.29, 0.717) is 0 Å². The van der Waals surface area contributed by atoms with Crippen LogP contribution in [0.5, 0.6) is 0 Å². The predicted octanol–water partition coefficient (Wildman–Crippen LogP) is 2.42. The van der Waals surface area contributed by atoms with Gasteiger partial charge in [-0.3, -0.25) is 0 Å². The first-order valence-corrected chi connectivity index (χ1v) is 5.87. The molecular weight excluding hydrogens is 200 g/mol. The van der Waals surface area contributed by atoms with Crippen molar-refractivity contribution in [3.63, 3.8) is 0 Å². The van der Waals surface area contributed by atoms with Crippen LogP contribution in [0.2, 0.25) is 0 Å². The summed E-state index contributed by atoms with van der Waals surface area (Å²) in [6.45, 7) is 3.76. The molecule has 0 saturated heterocycles. The van der Waals surface area contributed by atoms with E-state index in [4.69, 9.17) is 5.11 Å². The molecule has 0 amide bonds. The van der Waals surface area contributed by atoms with Gasteiger partial charge in [0.1, 0.15) is 6.10 Å². The first-order valence-electron chi connectivity index (χ1n) is 5.87. The first kappa shape index (κ1) is 15.0. The SMILES string of the molecule is CCCCCC(O)/C=C/C=C/C#CC(C)O. The van der Waals surface area contributed by atoms with Crippen molar-refractivity contribution in [1.29, 1.82) is 0 Å². The lowest BCUT2D eigenvalue weighted by molar-refractivity contribution is 0.208. The number of aliphatic hydroxyl groups is 2. The van der Waals surface area contributed by atoms with Crippen molar-refractivity contribution in [3.8, 4) is 11.8 Å². The van der Waals surface area contributed by atoms with Crippen molar-refractivity contribution in [3.05, 3.63) is 24.3 Å². The van der Waals surface area contributed by atoms with E-state index in [9.17, 15) is 5.11 Å². The fourth-order valence-corrected chi connectivity index (χ4v) is 1.16. The van der Waals surface area contributed by atoms with Crippen molar-refractivity contribution in [1.82, 2.24) is 0 Å². The van der Waals surface area contributed by atoms with Gasteiger partial charge in [-0.05, 0) is 19.4 Å². The van der Waals surface area contributed by atoms with Crippen molar-refractivity contribution < 1.29 is 10.2 Å². The Kier molecular flexibility index (Phi) is 9.80. The summed E-state index contributed by atoms with van der Waals surface area (Å²) in [5.74, 6) is 5.30. The molecule has 2 unspecified atom stereocenters. The third-order valence-electron chi connectivity index (χ3n) is 2.02. The normalized spacial score (nSPS) is 15.0. The van der Waals surface area contributed by atoms with Crippen LogP contribution in [0.15, 0.2) is 24.3 Å².